The second-order valence-electron chi connectivity index (χ2n) is 4.73. The summed E-state index contributed by atoms with van der Waals surface area (Å²) < 4.78 is 42.4. The Hall–Kier alpha value is -1.57. The molecule has 1 N–H and O–H groups in total. The number of carbonyl (C=O) groups excluding carboxylic acids is 1. The van der Waals surface area contributed by atoms with Crippen molar-refractivity contribution in [3.63, 3.8) is 0 Å². The Morgan fingerprint density at radius 1 is 1.45 bits per heavy atom. The van der Waals surface area contributed by atoms with Gasteiger partial charge in [-0.15, -0.1) is 0 Å². The van der Waals surface area contributed by atoms with Crippen molar-refractivity contribution in [1.29, 1.82) is 0 Å². The molecule has 0 aromatic carbocycles. The van der Waals surface area contributed by atoms with Crippen LogP contribution in [0.25, 0.3) is 0 Å². The van der Waals surface area contributed by atoms with Gasteiger partial charge in [0.2, 0.25) is 0 Å². The summed E-state index contributed by atoms with van der Waals surface area (Å²) in [6.45, 7) is 2.61. The molecule has 20 heavy (non-hydrogen) atoms. The van der Waals surface area contributed by atoms with Gasteiger partial charge in [-0.3, -0.25) is 4.79 Å². The quantitative estimate of drug-likeness (QED) is 0.903. The van der Waals surface area contributed by atoms with Gasteiger partial charge in [0.25, 0.3) is 5.91 Å². The predicted octanol–water partition coefficient (Wildman–Crippen LogP) is 2.10. The molecule has 8 heteroatoms. The van der Waals surface area contributed by atoms with E-state index < -0.39 is 31.8 Å². The molecule has 1 aromatic rings. The number of amides is 1. The first-order valence-electron chi connectivity index (χ1n) is 6.10. The number of nitrogens with zero attached hydrogens (tertiary/aromatic N) is 2. The van der Waals surface area contributed by atoms with E-state index in [4.69, 9.17) is 9.63 Å². The standard InChI is InChI=1S/C12H17F3N2O3/c1-7(2)10-9(8(3)16-20-10)11(19)17(4-5-18)6-12(13,14)15/h7,18H,4-6H2,1-3H3. The maximum absolute atomic E-state index is 12.5. The molecule has 0 unspecified atom stereocenters. The molecule has 0 aliphatic carbocycles. The van der Waals surface area contributed by atoms with E-state index in [0.717, 1.165) is 0 Å². The largest absolute Gasteiger partial charge is 0.406 e. The van der Waals surface area contributed by atoms with Gasteiger partial charge in [-0.2, -0.15) is 13.2 Å². The summed E-state index contributed by atoms with van der Waals surface area (Å²) in [6, 6.07) is 0. The van der Waals surface area contributed by atoms with Crippen molar-refractivity contribution in [2.45, 2.75) is 32.9 Å². The highest BCUT2D eigenvalue weighted by Gasteiger charge is 2.35. The molecule has 0 aliphatic rings. The lowest BCUT2D eigenvalue weighted by Crippen LogP contribution is -2.41. The molecular formula is C12H17F3N2O3. The molecule has 114 valence electrons. The average Bonchev–Trinajstić information content (AvgIpc) is 2.68. The van der Waals surface area contributed by atoms with Crippen molar-refractivity contribution in [3.05, 3.63) is 17.0 Å². The fourth-order valence-corrected chi connectivity index (χ4v) is 1.79. The van der Waals surface area contributed by atoms with Gasteiger partial charge < -0.3 is 14.5 Å². The Morgan fingerprint density at radius 2 is 2.05 bits per heavy atom. The Morgan fingerprint density at radius 3 is 2.50 bits per heavy atom. The topological polar surface area (TPSA) is 66.6 Å². The minimum absolute atomic E-state index is 0.0395. The zero-order chi connectivity index (χ0) is 15.5. The highest BCUT2D eigenvalue weighted by atomic mass is 19.4. The molecule has 0 fully saturated rings. The van der Waals surface area contributed by atoms with E-state index in [2.05, 4.69) is 5.16 Å². The zero-order valence-corrected chi connectivity index (χ0v) is 11.5. The molecular weight excluding hydrogens is 277 g/mol. The van der Waals surface area contributed by atoms with Gasteiger partial charge in [-0.25, -0.2) is 0 Å². The van der Waals surface area contributed by atoms with Gasteiger partial charge in [0, 0.05) is 12.5 Å². The lowest BCUT2D eigenvalue weighted by molar-refractivity contribution is -0.141. The van der Waals surface area contributed by atoms with E-state index in [1.54, 1.807) is 13.8 Å². The third kappa shape index (κ3) is 3.96. The van der Waals surface area contributed by atoms with Crippen molar-refractivity contribution in [2.24, 2.45) is 0 Å². The zero-order valence-electron chi connectivity index (χ0n) is 11.5. The number of halogens is 3. The summed E-state index contributed by atoms with van der Waals surface area (Å²) in [5.41, 5.74) is 0.279. The number of carbonyl (C=O) groups is 1. The SMILES string of the molecule is Cc1noc(C(C)C)c1C(=O)N(CCO)CC(F)(F)F. The molecule has 0 radical (unpaired) electrons. The van der Waals surface area contributed by atoms with Gasteiger partial charge in [0.05, 0.1) is 12.3 Å². The van der Waals surface area contributed by atoms with Crippen molar-refractivity contribution in [3.8, 4) is 0 Å². The normalized spacial score (nSPS) is 12.0. The monoisotopic (exact) mass is 294 g/mol. The molecule has 0 aliphatic heterocycles. The molecule has 0 atom stereocenters. The van der Waals surface area contributed by atoms with Gasteiger partial charge in [-0.05, 0) is 6.92 Å². The average molecular weight is 294 g/mol. The highest BCUT2D eigenvalue weighted by molar-refractivity contribution is 5.96. The van der Waals surface area contributed by atoms with Crippen molar-refractivity contribution in [2.75, 3.05) is 19.7 Å². The van der Waals surface area contributed by atoms with E-state index in [1.165, 1.54) is 6.92 Å². The van der Waals surface area contributed by atoms with E-state index in [9.17, 15) is 18.0 Å². The van der Waals surface area contributed by atoms with Crippen LogP contribution in [0.4, 0.5) is 13.2 Å². The molecule has 1 aromatic heterocycles. The number of rotatable bonds is 5. The van der Waals surface area contributed by atoms with Crippen molar-refractivity contribution < 1.29 is 27.6 Å². The van der Waals surface area contributed by atoms with Crippen molar-refractivity contribution >= 4 is 5.91 Å². The minimum atomic E-state index is -4.53. The van der Waals surface area contributed by atoms with Crippen LogP contribution in [0.1, 0.15) is 41.6 Å². The van der Waals surface area contributed by atoms with Crippen LogP contribution < -0.4 is 0 Å². The number of aromatic nitrogens is 1. The fourth-order valence-electron chi connectivity index (χ4n) is 1.79. The number of aryl methyl sites for hydroxylation is 1. The Balaban J connectivity index is 3.09. The summed E-state index contributed by atoms with van der Waals surface area (Å²) >= 11 is 0. The van der Waals surface area contributed by atoms with E-state index in [1.807, 2.05) is 0 Å². The number of alkyl halides is 3. The van der Waals surface area contributed by atoms with Crippen LogP contribution in [0.5, 0.6) is 0 Å². The first-order chi connectivity index (χ1) is 9.17. The predicted molar refractivity (Wildman–Crippen MR) is 64.4 cm³/mol. The van der Waals surface area contributed by atoms with E-state index >= 15 is 0 Å². The van der Waals surface area contributed by atoms with Crippen LogP contribution in [-0.2, 0) is 0 Å². The molecule has 0 bridgehead atoms. The third-order valence-electron chi connectivity index (χ3n) is 2.65. The smallest absolute Gasteiger partial charge is 0.395 e. The van der Waals surface area contributed by atoms with E-state index in [0.29, 0.717) is 4.90 Å². The Labute approximate surface area is 114 Å². The number of aliphatic hydroxyl groups is 1. The Kier molecular flexibility index (Phi) is 5.15. The molecule has 1 rings (SSSR count). The first kappa shape index (κ1) is 16.5. The molecule has 0 saturated heterocycles. The summed E-state index contributed by atoms with van der Waals surface area (Å²) in [5.74, 6) is -0.770. The van der Waals surface area contributed by atoms with Crippen LogP contribution in [0, 0.1) is 6.92 Å². The summed E-state index contributed by atoms with van der Waals surface area (Å²) in [6.07, 6.45) is -4.53. The lowest BCUT2D eigenvalue weighted by Gasteiger charge is -2.23. The molecule has 5 nitrogen and oxygen atoms in total. The molecule has 1 heterocycles. The number of hydrogen-bond acceptors (Lipinski definition) is 4. The van der Waals surface area contributed by atoms with Crippen LogP contribution >= 0.6 is 0 Å². The summed E-state index contributed by atoms with van der Waals surface area (Å²) in [4.78, 5) is 12.8. The van der Waals surface area contributed by atoms with Crippen LogP contribution in [0.3, 0.4) is 0 Å². The minimum Gasteiger partial charge on any atom is -0.395 e. The van der Waals surface area contributed by atoms with Crippen molar-refractivity contribution in [1.82, 2.24) is 10.1 Å². The third-order valence-corrected chi connectivity index (χ3v) is 2.65. The maximum atomic E-state index is 12.5. The molecule has 1 amide bonds. The lowest BCUT2D eigenvalue weighted by atomic mass is 10.0. The number of aliphatic hydroxyl groups excluding tert-OH is 1. The van der Waals surface area contributed by atoms with Crippen LogP contribution in [0.2, 0.25) is 0 Å². The Bertz CT molecular complexity index is 469. The molecule has 0 spiro atoms. The van der Waals surface area contributed by atoms with E-state index in [-0.39, 0.29) is 22.9 Å². The molecule has 0 saturated carbocycles. The van der Waals surface area contributed by atoms with Gasteiger partial charge >= 0.3 is 6.18 Å². The maximum Gasteiger partial charge on any atom is 0.406 e. The number of hydrogen-bond donors (Lipinski definition) is 1. The summed E-state index contributed by atoms with van der Waals surface area (Å²) in [5, 5.41) is 12.5. The second-order valence-corrected chi connectivity index (χ2v) is 4.73. The summed E-state index contributed by atoms with van der Waals surface area (Å²) in [7, 11) is 0. The van der Waals surface area contributed by atoms with Crippen LogP contribution in [-0.4, -0.2) is 46.9 Å². The highest BCUT2D eigenvalue weighted by Crippen LogP contribution is 2.25. The second kappa shape index (κ2) is 6.25. The fraction of sp³-hybridized carbons (Fsp3) is 0.667. The first-order valence-corrected chi connectivity index (χ1v) is 6.10. The van der Waals surface area contributed by atoms with Gasteiger partial charge in [-0.1, -0.05) is 19.0 Å². The van der Waals surface area contributed by atoms with Gasteiger partial charge in [0.1, 0.15) is 12.1 Å². The van der Waals surface area contributed by atoms with Crippen LogP contribution in [0.15, 0.2) is 4.52 Å². The van der Waals surface area contributed by atoms with Gasteiger partial charge in [0.15, 0.2) is 5.76 Å².